The van der Waals surface area contributed by atoms with E-state index in [0.29, 0.717) is 27.1 Å². The second kappa shape index (κ2) is 5.18. The summed E-state index contributed by atoms with van der Waals surface area (Å²) in [7, 11) is 0. The van der Waals surface area contributed by atoms with E-state index < -0.39 is 5.97 Å². The molecule has 0 aliphatic heterocycles. The Morgan fingerprint density at radius 2 is 2.28 bits per heavy atom. The molecule has 1 aromatic carbocycles. The van der Waals surface area contributed by atoms with E-state index in [4.69, 9.17) is 10.5 Å². The van der Waals surface area contributed by atoms with Crippen LogP contribution in [-0.2, 0) is 11.3 Å². The molecule has 7 heteroatoms. The molecule has 0 radical (unpaired) electrons. The molecule has 18 heavy (non-hydrogen) atoms. The average molecular weight is 312 g/mol. The second-order valence-electron chi connectivity index (χ2n) is 3.58. The summed E-state index contributed by atoms with van der Waals surface area (Å²) in [5.41, 5.74) is 7.60. The Morgan fingerprint density at radius 3 is 2.94 bits per heavy atom. The molecule has 0 bridgehead atoms. The highest BCUT2D eigenvalue weighted by Crippen LogP contribution is 2.24. The molecule has 0 aliphatic rings. The predicted molar refractivity (Wildman–Crippen MR) is 66.7 cm³/mol. The van der Waals surface area contributed by atoms with Gasteiger partial charge >= 0.3 is 5.97 Å². The molecular formula is C11H10BrN3O3. The zero-order valence-corrected chi connectivity index (χ0v) is 11.1. The zero-order valence-electron chi connectivity index (χ0n) is 9.51. The van der Waals surface area contributed by atoms with Crippen molar-refractivity contribution < 1.29 is 14.2 Å². The number of anilines is 1. The lowest BCUT2D eigenvalue weighted by Crippen LogP contribution is -2.07. The number of nitrogens with two attached hydrogens (primary N) is 1. The molecular weight excluding hydrogens is 302 g/mol. The van der Waals surface area contributed by atoms with Crippen molar-refractivity contribution in [3.8, 4) is 0 Å². The van der Waals surface area contributed by atoms with Crippen molar-refractivity contribution in [1.82, 2.24) is 10.3 Å². The van der Waals surface area contributed by atoms with Gasteiger partial charge < -0.3 is 10.5 Å². The van der Waals surface area contributed by atoms with Crippen LogP contribution in [0.3, 0.4) is 0 Å². The molecule has 94 valence electrons. The van der Waals surface area contributed by atoms with Gasteiger partial charge in [-0.15, -0.1) is 0 Å². The molecule has 2 rings (SSSR count). The van der Waals surface area contributed by atoms with Crippen molar-refractivity contribution in [1.29, 1.82) is 0 Å². The standard InChI is InChI=1S/C11H10BrN3O3/c1-6-9(15-18-14-6)5-17-11(16)7-3-2-4-8(13)10(7)12/h2-4H,5,13H2,1H3. The van der Waals surface area contributed by atoms with Gasteiger partial charge in [0.15, 0.2) is 0 Å². The summed E-state index contributed by atoms with van der Waals surface area (Å²) in [6, 6.07) is 4.99. The molecule has 0 atom stereocenters. The molecule has 0 spiro atoms. The van der Waals surface area contributed by atoms with E-state index >= 15 is 0 Å². The second-order valence-corrected chi connectivity index (χ2v) is 4.37. The summed E-state index contributed by atoms with van der Waals surface area (Å²) in [6.07, 6.45) is 0. The molecule has 0 saturated carbocycles. The monoisotopic (exact) mass is 311 g/mol. The van der Waals surface area contributed by atoms with Gasteiger partial charge in [-0.1, -0.05) is 16.4 Å². The summed E-state index contributed by atoms with van der Waals surface area (Å²) >= 11 is 3.24. The van der Waals surface area contributed by atoms with E-state index in [2.05, 4.69) is 30.9 Å². The van der Waals surface area contributed by atoms with Gasteiger partial charge in [-0.2, -0.15) is 0 Å². The van der Waals surface area contributed by atoms with Gasteiger partial charge in [0, 0.05) is 5.69 Å². The zero-order chi connectivity index (χ0) is 13.1. The Balaban J connectivity index is 2.09. The van der Waals surface area contributed by atoms with Crippen molar-refractivity contribution in [2.24, 2.45) is 0 Å². The summed E-state index contributed by atoms with van der Waals surface area (Å²) < 4.78 is 10.1. The molecule has 0 amide bonds. The van der Waals surface area contributed by atoms with Crippen molar-refractivity contribution in [3.05, 3.63) is 39.6 Å². The van der Waals surface area contributed by atoms with Crippen LogP contribution in [0.4, 0.5) is 5.69 Å². The summed E-state index contributed by atoms with van der Waals surface area (Å²) in [4.78, 5) is 11.8. The number of rotatable bonds is 3. The maximum absolute atomic E-state index is 11.8. The Morgan fingerprint density at radius 1 is 1.50 bits per heavy atom. The molecule has 1 aromatic heterocycles. The highest BCUT2D eigenvalue weighted by atomic mass is 79.9. The molecule has 6 nitrogen and oxygen atoms in total. The Hall–Kier alpha value is -1.89. The third-order valence-electron chi connectivity index (χ3n) is 2.33. The van der Waals surface area contributed by atoms with Crippen molar-refractivity contribution in [3.63, 3.8) is 0 Å². The number of hydrogen-bond acceptors (Lipinski definition) is 6. The number of ether oxygens (including phenoxy) is 1. The number of benzene rings is 1. The number of aryl methyl sites for hydroxylation is 1. The van der Waals surface area contributed by atoms with Gasteiger partial charge in [-0.05, 0) is 35.0 Å². The van der Waals surface area contributed by atoms with Gasteiger partial charge in [-0.25, -0.2) is 9.42 Å². The molecule has 0 fully saturated rings. The molecule has 1 heterocycles. The highest BCUT2D eigenvalue weighted by molar-refractivity contribution is 9.10. The minimum absolute atomic E-state index is 0.00933. The molecule has 0 unspecified atom stereocenters. The minimum atomic E-state index is -0.489. The van der Waals surface area contributed by atoms with E-state index in [1.165, 1.54) is 0 Å². The van der Waals surface area contributed by atoms with Gasteiger partial charge in [0.2, 0.25) is 0 Å². The first-order valence-electron chi connectivity index (χ1n) is 5.08. The molecule has 2 N–H and O–H groups in total. The number of nitrogen functional groups attached to an aromatic ring is 1. The number of carbonyl (C=O) groups is 1. The van der Waals surface area contributed by atoms with Gasteiger partial charge in [0.1, 0.15) is 18.0 Å². The number of hydrogen-bond donors (Lipinski definition) is 1. The van der Waals surface area contributed by atoms with Crippen LogP contribution < -0.4 is 5.73 Å². The van der Waals surface area contributed by atoms with Crippen LogP contribution in [0.1, 0.15) is 21.7 Å². The summed E-state index contributed by atoms with van der Waals surface area (Å²) in [6.45, 7) is 1.73. The Kier molecular flexibility index (Phi) is 3.61. The quantitative estimate of drug-likeness (QED) is 0.689. The van der Waals surface area contributed by atoms with E-state index in [1.807, 2.05) is 0 Å². The third kappa shape index (κ3) is 2.51. The molecule has 2 aromatic rings. The Bertz CT molecular complexity index is 583. The first-order valence-corrected chi connectivity index (χ1v) is 5.88. The average Bonchev–Trinajstić information content (AvgIpc) is 2.75. The van der Waals surface area contributed by atoms with Crippen molar-refractivity contribution in [2.75, 3.05) is 5.73 Å². The van der Waals surface area contributed by atoms with Crippen LogP contribution in [0.2, 0.25) is 0 Å². The van der Waals surface area contributed by atoms with Gasteiger partial charge in [0.05, 0.1) is 10.0 Å². The number of aromatic nitrogens is 2. The smallest absolute Gasteiger partial charge is 0.339 e. The lowest BCUT2D eigenvalue weighted by Gasteiger charge is -2.06. The van der Waals surface area contributed by atoms with E-state index in [-0.39, 0.29) is 6.61 Å². The predicted octanol–water partition coefficient (Wildman–Crippen LogP) is 2.08. The van der Waals surface area contributed by atoms with E-state index in [0.717, 1.165) is 0 Å². The van der Waals surface area contributed by atoms with Crippen molar-refractivity contribution in [2.45, 2.75) is 13.5 Å². The van der Waals surface area contributed by atoms with Crippen LogP contribution in [0.5, 0.6) is 0 Å². The van der Waals surface area contributed by atoms with Crippen LogP contribution in [0, 0.1) is 6.92 Å². The fourth-order valence-corrected chi connectivity index (χ4v) is 1.73. The topological polar surface area (TPSA) is 91.2 Å². The van der Waals surface area contributed by atoms with Crippen molar-refractivity contribution >= 4 is 27.6 Å². The summed E-state index contributed by atoms with van der Waals surface area (Å²) in [5, 5.41) is 7.21. The highest BCUT2D eigenvalue weighted by Gasteiger charge is 2.15. The van der Waals surface area contributed by atoms with Crippen LogP contribution in [0.15, 0.2) is 27.3 Å². The minimum Gasteiger partial charge on any atom is -0.455 e. The van der Waals surface area contributed by atoms with Crippen LogP contribution >= 0.6 is 15.9 Å². The SMILES string of the molecule is Cc1nonc1COC(=O)c1cccc(N)c1Br. The van der Waals surface area contributed by atoms with Gasteiger partial charge in [0.25, 0.3) is 0 Å². The maximum Gasteiger partial charge on any atom is 0.339 e. The maximum atomic E-state index is 11.8. The number of nitrogens with zero attached hydrogens (tertiary/aromatic N) is 2. The number of esters is 1. The summed E-state index contributed by atoms with van der Waals surface area (Å²) in [5.74, 6) is -0.489. The van der Waals surface area contributed by atoms with Crippen LogP contribution in [-0.4, -0.2) is 16.3 Å². The van der Waals surface area contributed by atoms with Gasteiger partial charge in [-0.3, -0.25) is 0 Å². The van der Waals surface area contributed by atoms with E-state index in [1.54, 1.807) is 25.1 Å². The van der Waals surface area contributed by atoms with E-state index in [9.17, 15) is 4.79 Å². The first kappa shape index (κ1) is 12.6. The normalized spacial score (nSPS) is 10.3. The lowest BCUT2D eigenvalue weighted by molar-refractivity contribution is 0.0462. The first-order chi connectivity index (χ1) is 8.59. The fourth-order valence-electron chi connectivity index (χ4n) is 1.30. The van der Waals surface area contributed by atoms with Crippen LogP contribution in [0.25, 0.3) is 0 Å². The lowest BCUT2D eigenvalue weighted by atomic mass is 10.2. The molecule has 0 saturated heterocycles. The Labute approximate surface area is 111 Å². The largest absolute Gasteiger partial charge is 0.455 e. The number of halogens is 1. The number of carbonyl (C=O) groups excluding carboxylic acids is 1. The fraction of sp³-hybridized carbons (Fsp3) is 0.182. The third-order valence-corrected chi connectivity index (χ3v) is 3.22. The molecule has 0 aliphatic carbocycles.